The minimum absolute atomic E-state index is 0.321. The molecule has 1 aliphatic heterocycles. The fourth-order valence-corrected chi connectivity index (χ4v) is 3.88. The number of fused-ring (bicyclic) bond motifs is 2. The Bertz CT molecular complexity index is 1190. The van der Waals surface area contributed by atoms with Gasteiger partial charge in [0.15, 0.2) is 0 Å². The molecular formula is C26H30N2O4. The van der Waals surface area contributed by atoms with Crippen molar-refractivity contribution in [2.24, 2.45) is 0 Å². The maximum Gasteiger partial charge on any atom is 0.419 e. The molecule has 1 aliphatic rings. The van der Waals surface area contributed by atoms with Gasteiger partial charge in [-0.25, -0.2) is 14.2 Å². The van der Waals surface area contributed by atoms with Gasteiger partial charge in [0.05, 0.1) is 11.2 Å². The first-order chi connectivity index (χ1) is 14.9. The third kappa shape index (κ3) is 4.49. The molecule has 0 saturated heterocycles. The first-order valence-corrected chi connectivity index (χ1v) is 10.9. The van der Waals surface area contributed by atoms with Crippen molar-refractivity contribution in [2.75, 3.05) is 0 Å². The third-order valence-corrected chi connectivity index (χ3v) is 5.16. The number of carbonyl (C=O) groups is 2. The predicted molar refractivity (Wildman–Crippen MR) is 124 cm³/mol. The molecule has 0 N–H and O–H groups in total. The molecule has 1 amide bonds. The van der Waals surface area contributed by atoms with Crippen LogP contribution in [-0.4, -0.2) is 32.9 Å². The number of benzene rings is 2. The van der Waals surface area contributed by atoms with E-state index in [1.165, 1.54) is 0 Å². The van der Waals surface area contributed by atoms with Crippen LogP contribution in [-0.2, 0) is 22.6 Å². The lowest BCUT2D eigenvalue weighted by Gasteiger charge is -2.24. The fourth-order valence-electron chi connectivity index (χ4n) is 3.88. The molecule has 1 aromatic heterocycles. The van der Waals surface area contributed by atoms with Crippen LogP contribution in [0.3, 0.4) is 0 Å². The molecule has 0 saturated carbocycles. The van der Waals surface area contributed by atoms with E-state index in [0.29, 0.717) is 13.1 Å². The highest BCUT2D eigenvalue weighted by atomic mass is 16.6. The zero-order chi connectivity index (χ0) is 23.3. The van der Waals surface area contributed by atoms with Crippen molar-refractivity contribution in [3.63, 3.8) is 0 Å². The van der Waals surface area contributed by atoms with Gasteiger partial charge in [0.2, 0.25) is 0 Å². The van der Waals surface area contributed by atoms with Crippen LogP contribution in [0.1, 0.15) is 52.7 Å². The minimum Gasteiger partial charge on any atom is -0.444 e. The van der Waals surface area contributed by atoms with Gasteiger partial charge in [-0.05, 0) is 76.4 Å². The molecule has 0 bridgehead atoms. The number of hydrogen-bond donors (Lipinski definition) is 0. The average molecular weight is 435 g/mol. The number of amides is 1. The lowest BCUT2D eigenvalue weighted by atomic mass is 10.0. The molecule has 2 heterocycles. The van der Waals surface area contributed by atoms with Gasteiger partial charge >= 0.3 is 12.2 Å². The summed E-state index contributed by atoms with van der Waals surface area (Å²) >= 11 is 0. The second kappa shape index (κ2) is 7.69. The molecular weight excluding hydrogens is 404 g/mol. The highest BCUT2D eigenvalue weighted by molar-refractivity contribution is 5.96. The lowest BCUT2D eigenvalue weighted by molar-refractivity contribution is 0.0241. The molecule has 4 rings (SSSR count). The molecule has 3 aromatic rings. The summed E-state index contributed by atoms with van der Waals surface area (Å²) in [5, 5.41) is 0.962. The Labute approximate surface area is 188 Å². The van der Waals surface area contributed by atoms with E-state index in [1.54, 1.807) is 9.47 Å². The van der Waals surface area contributed by atoms with Gasteiger partial charge in [0, 0.05) is 18.5 Å². The van der Waals surface area contributed by atoms with Gasteiger partial charge in [0.1, 0.15) is 11.2 Å². The van der Waals surface area contributed by atoms with Crippen LogP contribution in [0.5, 0.6) is 0 Å². The van der Waals surface area contributed by atoms with Crippen molar-refractivity contribution in [1.82, 2.24) is 9.47 Å². The number of rotatable bonds is 1. The largest absolute Gasteiger partial charge is 0.444 e. The van der Waals surface area contributed by atoms with E-state index in [9.17, 15) is 9.59 Å². The lowest BCUT2D eigenvalue weighted by Crippen LogP contribution is -2.33. The van der Waals surface area contributed by atoms with Gasteiger partial charge in [-0.2, -0.15) is 0 Å². The van der Waals surface area contributed by atoms with E-state index in [1.807, 2.05) is 84.0 Å². The van der Waals surface area contributed by atoms with Crippen LogP contribution in [0.15, 0.2) is 48.5 Å². The van der Waals surface area contributed by atoms with Gasteiger partial charge in [-0.15, -0.1) is 0 Å². The molecule has 2 aromatic carbocycles. The molecule has 6 heteroatoms. The molecule has 0 atom stereocenters. The van der Waals surface area contributed by atoms with Crippen molar-refractivity contribution < 1.29 is 19.1 Å². The first-order valence-electron chi connectivity index (χ1n) is 10.9. The molecule has 0 spiro atoms. The normalized spacial score (nSPS) is 13.9. The standard InChI is InChI=1S/C26H30N2O4/c1-25(2,3)31-23(29)27-15-19-12-11-18(13-20(19)16-27)22-14-17-9-7-8-10-21(17)28(22)24(30)32-26(4,5)6/h7-14H,15-16H2,1-6H3. The number of aromatic nitrogens is 1. The highest BCUT2D eigenvalue weighted by Crippen LogP contribution is 2.33. The number of carbonyl (C=O) groups excluding carboxylic acids is 2. The summed E-state index contributed by atoms with van der Waals surface area (Å²) in [7, 11) is 0. The Hall–Kier alpha value is -3.28. The molecule has 0 aliphatic carbocycles. The van der Waals surface area contributed by atoms with Crippen LogP contribution >= 0.6 is 0 Å². The summed E-state index contributed by atoms with van der Waals surface area (Å²) in [5.41, 5.74) is 3.45. The molecule has 0 fully saturated rings. The maximum atomic E-state index is 13.1. The summed E-state index contributed by atoms with van der Waals surface area (Å²) in [6.45, 7) is 12.2. The summed E-state index contributed by atoms with van der Waals surface area (Å²) in [6, 6.07) is 15.8. The molecule has 0 unspecified atom stereocenters. The van der Waals surface area contributed by atoms with Crippen molar-refractivity contribution in [1.29, 1.82) is 0 Å². The molecule has 6 nitrogen and oxygen atoms in total. The number of nitrogens with zero attached hydrogens (tertiary/aromatic N) is 2. The average Bonchev–Trinajstić information content (AvgIpc) is 3.26. The van der Waals surface area contributed by atoms with Crippen LogP contribution in [0, 0.1) is 0 Å². The van der Waals surface area contributed by atoms with Gasteiger partial charge in [0.25, 0.3) is 0 Å². The van der Waals surface area contributed by atoms with Gasteiger partial charge in [-0.1, -0.05) is 30.3 Å². The van der Waals surface area contributed by atoms with Gasteiger partial charge in [-0.3, -0.25) is 4.90 Å². The quantitative estimate of drug-likeness (QED) is 0.448. The number of ether oxygens (including phenoxy) is 2. The van der Waals surface area contributed by atoms with Crippen LogP contribution in [0.4, 0.5) is 9.59 Å². The monoisotopic (exact) mass is 434 g/mol. The van der Waals surface area contributed by atoms with Crippen molar-refractivity contribution in [2.45, 2.75) is 65.8 Å². The Kier molecular flexibility index (Phi) is 5.27. The summed E-state index contributed by atoms with van der Waals surface area (Å²) < 4.78 is 12.8. The molecule has 0 radical (unpaired) electrons. The van der Waals surface area contributed by atoms with Crippen LogP contribution < -0.4 is 0 Å². The Morgan fingerprint density at radius 2 is 1.41 bits per heavy atom. The Balaban J connectivity index is 1.70. The third-order valence-electron chi connectivity index (χ3n) is 5.16. The maximum absolute atomic E-state index is 13.1. The topological polar surface area (TPSA) is 60.8 Å². The fraction of sp³-hybridized carbons (Fsp3) is 0.385. The summed E-state index contributed by atoms with van der Waals surface area (Å²) in [4.78, 5) is 27.3. The van der Waals surface area contributed by atoms with Crippen LogP contribution in [0.25, 0.3) is 22.2 Å². The van der Waals surface area contributed by atoms with E-state index in [0.717, 1.165) is 33.3 Å². The molecule has 168 valence electrons. The SMILES string of the molecule is CC(C)(C)OC(=O)N1Cc2ccc(-c3cc4ccccc4n3C(=O)OC(C)(C)C)cc2C1. The number of hydrogen-bond acceptors (Lipinski definition) is 4. The predicted octanol–water partition coefficient (Wildman–Crippen LogP) is 6.34. The highest BCUT2D eigenvalue weighted by Gasteiger charge is 2.29. The van der Waals surface area contributed by atoms with Crippen molar-refractivity contribution in [3.05, 3.63) is 59.7 Å². The van der Waals surface area contributed by atoms with Crippen LogP contribution in [0.2, 0.25) is 0 Å². The second-order valence-corrected chi connectivity index (χ2v) is 10.2. The summed E-state index contributed by atoms with van der Waals surface area (Å²) in [5.74, 6) is 0. The number of para-hydroxylation sites is 1. The Morgan fingerprint density at radius 3 is 2.09 bits per heavy atom. The van der Waals surface area contributed by atoms with Crippen molar-refractivity contribution in [3.8, 4) is 11.3 Å². The Morgan fingerprint density at radius 1 is 0.781 bits per heavy atom. The zero-order valence-electron chi connectivity index (χ0n) is 19.6. The smallest absolute Gasteiger partial charge is 0.419 e. The molecule has 32 heavy (non-hydrogen) atoms. The summed E-state index contributed by atoms with van der Waals surface area (Å²) in [6.07, 6.45) is -0.734. The van der Waals surface area contributed by atoms with E-state index >= 15 is 0 Å². The zero-order valence-corrected chi connectivity index (χ0v) is 19.6. The first kappa shape index (κ1) is 21.9. The van der Waals surface area contributed by atoms with Gasteiger partial charge < -0.3 is 9.47 Å². The van der Waals surface area contributed by atoms with E-state index in [2.05, 4.69) is 6.07 Å². The van der Waals surface area contributed by atoms with E-state index < -0.39 is 17.3 Å². The van der Waals surface area contributed by atoms with Crippen molar-refractivity contribution >= 4 is 23.1 Å². The second-order valence-electron chi connectivity index (χ2n) is 10.2. The van der Waals surface area contributed by atoms with E-state index in [-0.39, 0.29) is 6.09 Å². The minimum atomic E-state index is -0.606. The van der Waals surface area contributed by atoms with E-state index in [4.69, 9.17) is 9.47 Å².